The van der Waals surface area contributed by atoms with Crippen LogP contribution < -0.4 is 15.5 Å². The molecule has 2 aromatic rings. The lowest BCUT2D eigenvalue weighted by Gasteiger charge is -2.42. The van der Waals surface area contributed by atoms with Crippen molar-refractivity contribution in [3.8, 4) is 0 Å². The maximum atomic E-state index is 14.5. The number of nitrogens with zero attached hydrogens (tertiary/aromatic N) is 2. The first-order valence-electron chi connectivity index (χ1n) is 9.17. The minimum absolute atomic E-state index is 0.0239. The highest BCUT2D eigenvalue weighted by Gasteiger charge is 2.53. The molecule has 30 heavy (non-hydrogen) atoms. The predicted molar refractivity (Wildman–Crippen MR) is 112 cm³/mol. The van der Waals surface area contributed by atoms with Crippen LogP contribution in [0, 0.1) is 11.6 Å². The normalized spacial score (nSPS) is 18.2. The summed E-state index contributed by atoms with van der Waals surface area (Å²) in [6, 6.07) is 6.47. The molecule has 1 aliphatic heterocycles. The van der Waals surface area contributed by atoms with Crippen LogP contribution in [0.1, 0.15) is 12.0 Å². The molecule has 7 nitrogen and oxygen atoms in total. The van der Waals surface area contributed by atoms with Gasteiger partial charge in [0.2, 0.25) is 0 Å². The SMILES string of the molecule is CN(C)CCCNC(=O)[C@]1(O)c2cc(Br)ccc2NC(=O)N1c1c(F)cccc1F. The van der Waals surface area contributed by atoms with Gasteiger partial charge in [0.1, 0.15) is 17.3 Å². The first kappa shape index (κ1) is 22.1. The first-order chi connectivity index (χ1) is 14.2. The minimum Gasteiger partial charge on any atom is -0.359 e. The number of hydrogen-bond acceptors (Lipinski definition) is 4. The summed E-state index contributed by atoms with van der Waals surface area (Å²) in [6.07, 6.45) is 0.570. The van der Waals surface area contributed by atoms with Gasteiger partial charge in [0.15, 0.2) is 0 Å². The third kappa shape index (κ3) is 4.03. The minimum atomic E-state index is -2.68. The van der Waals surface area contributed by atoms with Crippen molar-refractivity contribution in [1.82, 2.24) is 10.2 Å². The molecule has 0 aromatic heterocycles. The summed E-state index contributed by atoms with van der Waals surface area (Å²) in [7, 11) is 3.74. The van der Waals surface area contributed by atoms with Crippen LogP contribution in [0.3, 0.4) is 0 Å². The van der Waals surface area contributed by atoms with Gasteiger partial charge in [-0.05, 0) is 57.4 Å². The summed E-state index contributed by atoms with van der Waals surface area (Å²) in [4.78, 5) is 28.3. The van der Waals surface area contributed by atoms with Crippen molar-refractivity contribution in [2.75, 3.05) is 37.4 Å². The topological polar surface area (TPSA) is 84.9 Å². The van der Waals surface area contributed by atoms with Crippen molar-refractivity contribution in [3.05, 3.63) is 58.1 Å². The number of halogens is 3. The van der Waals surface area contributed by atoms with Crippen LogP contribution >= 0.6 is 15.9 Å². The molecule has 1 atom stereocenters. The van der Waals surface area contributed by atoms with Crippen LogP contribution in [0.5, 0.6) is 0 Å². The average Bonchev–Trinajstić information content (AvgIpc) is 2.67. The highest BCUT2D eigenvalue weighted by Crippen LogP contribution is 2.42. The van der Waals surface area contributed by atoms with Gasteiger partial charge in [-0.15, -0.1) is 0 Å². The number of hydrogen-bond donors (Lipinski definition) is 3. The standard InChI is InChI=1S/C20H21BrF2N4O3/c1-26(2)10-4-9-24-18(28)20(30)13-11-12(21)7-8-16(13)25-19(29)27(20)17-14(22)5-3-6-15(17)23/h3,5-8,11,30H,4,9-10H2,1-2H3,(H,24,28)(H,25,29)/t20-/m1/s1. The van der Waals surface area contributed by atoms with Gasteiger partial charge < -0.3 is 20.6 Å². The quantitative estimate of drug-likeness (QED) is 0.552. The van der Waals surface area contributed by atoms with E-state index in [4.69, 9.17) is 0 Å². The number of nitrogens with one attached hydrogen (secondary N) is 2. The lowest BCUT2D eigenvalue weighted by atomic mass is 9.94. The number of anilines is 2. The molecule has 1 heterocycles. The lowest BCUT2D eigenvalue weighted by molar-refractivity contribution is -0.140. The lowest BCUT2D eigenvalue weighted by Crippen LogP contribution is -2.63. The molecule has 2 aromatic carbocycles. The number of fused-ring (bicyclic) bond motifs is 1. The molecule has 3 N–H and O–H groups in total. The third-order valence-electron chi connectivity index (χ3n) is 4.67. The molecule has 10 heteroatoms. The Labute approximate surface area is 180 Å². The fourth-order valence-corrected chi connectivity index (χ4v) is 3.62. The van der Waals surface area contributed by atoms with Crippen molar-refractivity contribution >= 4 is 39.2 Å². The van der Waals surface area contributed by atoms with E-state index in [2.05, 4.69) is 26.6 Å². The Morgan fingerprint density at radius 2 is 1.93 bits per heavy atom. The van der Waals surface area contributed by atoms with Crippen LogP contribution in [-0.4, -0.2) is 49.1 Å². The average molecular weight is 483 g/mol. The van der Waals surface area contributed by atoms with Crippen LogP contribution in [0.2, 0.25) is 0 Å². The van der Waals surface area contributed by atoms with Gasteiger partial charge in [0.05, 0.1) is 5.69 Å². The van der Waals surface area contributed by atoms with Gasteiger partial charge in [-0.25, -0.2) is 18.5 Å². The number of para-hydroxylation sites is 1. The van der Waals surface area contributed by atoms with Gasteiger partial charge in [-0.3, -0.25) is 4.79 Å². The van der Waals surface area contributed by atoms with E-state index < -0.39 is 35.0 Å². The Bertz CT molecular complexity index is 968. The van der Waals surface area contributed by atoms with Crippen molar-refractivity contribution in [1.29, 1.82) is 0 Å². The number of rotatable bonds is 6. The zero-order chi connectivity index (χ0) is 22.1. The Morgan fingerprint density at radius 1 is 1.27 bits per heavy atom. The summed E-state index contributed by atoms with van der Waals surface area (Å²) in [5, 5.41) is 16.6. The fraction of sp³-hybridized carbons (Fsp3) is 0.300. The van der Waals surface area contributed by atoms with E-state index in [1.165, 1.54) is 12.1 Å². The molecule has 0 aliphatic carbocycles. The predicted octanol–water partition coefficient (Wildman–Crippen LogP) is 2.99. The third-order valence-corrected chi connectivity index (χ3v) is 5.16. The molecule has 160 valence electrons. The Kier molecular flexibility index (Phi) is 6.39. The van der Waals surface area contributed by atoms with Gasteiger partial charge in [0, 0.05) is 16.6 Å². The van der Waals surface area contributed by atoms with E-state index in [0.717, 1.165) is 18.2 Å². The Balaban J connectivity index is 2.10. The molecule has 0 bridgehead atoms. The molecular weight excluding hydrogens is 462 g/mol. The molecule has 3 rings (SSSR count). The summed E-state index contributed by atoms with van der Waals surface area (Å²) in [5.41, 5.74) is -3.37. The number of urea groups is 1. The van der Waals surface area contributed by atoms with E-state index in [0.29, 0.717) is 22.3 Å². The van der Waals surface area contributed by atoms with Gasteiger partial charge in [-0.1, -0.05) is 22.0 Å². The van der Waals surface area contributed by atoms with E-state index in [1.54, 1.807) is 6.07 Å². The van der Waals surface area contributed by atoms with Crippen LogP contribution in [0.25, 0.3) is 0 Å². The first-order valence-corrected chi connectivity index (χ1v) is 9.96. The molecule has 0 saturated carbocycles. The number of amides is 3. The maximum absolute atomic E-state index is 14.5. The molecule has 0 spiro atoms. The number of carbonyl (C=O) groups excluding carboxylic acids is 2. The Hall–Kier alpha value is -2.56. The molecule has 0 saturated heterocycles. The highest BCUT2D eigenvalue weighted by atomic mass is 79.9. The van der Waals surface area contributed by atoms with Crippen molar-refractivity contribution in [2.24, 2.45) is 0 Å². The van der Waals surface area contributed by atoms with E-state index in [9.17, 15) is 23.5 Å². The van der Waals surface area contributed by atoms with Gasteiger partial charge in [-0.2, -0.15) is 0 Å². The van der Waals surface area contributed by atoms with Gasteiger partial charge in [0.25, 0.3) is 11.6 Å². The molecule has 0 radical (unpaired) electrons. The second-order valence-corrected chi connectivity index (χ2v) is 8.03. The smallest absolute Gasteiger partial charge is 0.329 e. The molecule has 0 fully saturated rings. The Morgan fingerprint density at radius 3 is 2.57 bits per heavy atom. The number of aliphatic hydroxyl groups is 1. The van der Waals surface area contributed by atoms with E-state index >= 15 is 0 Å². The summed E-state index contributed by atoms with van der Waals surface area (Å²) in [6.45, 7) is 0.866. The second-order valence-electron chi connectivity index (χ2n) is 7.11. The zero-order valence-electron chi connectivity index (χ0n) is 16.4. The maximum Gasteiger partial charge on any atom is 0.329 e. The molecular formula is C20H21BrF2N4O3. The largest absolute Gasteiger partial charge is 0.359 e. The summed E-state index contributed by atoms with van der Waals surface area (Å²) < 4.78 is 29.6. The van der Waals surface area contributed by atoms with E-state index in [-0.39, 0.29) is 17.8 Å². The van der Waals surface area contributed by atoms with Crippen LogP contribution in [0.15, 0.2) is 40.9 Å². The van der Waals surface area contributed by atoms with Crippen LogP contribution in [-0.2, 0) is 10.5 Å². The van der Waals surface area contributed by atoms with Crippen molar-refractivity contribution in [2.45, 2.75) is 12.1 Å². The van der Waals surface area contributed by atoms with Crippen molar-refractivity contribution in [3.63, 3.8) is 0 Å². The van der Waals surface area contributed by atoms with Gasteiger partial charge >= 0.3 is 6.03 Å². The highest BCUT2D eigenvalue weighted by molar-refractivity contribution is 9.10. The molecule has 1 aliphatic rings. The number of benzene rings is 2. The van der Waals surface area contributed by atoms with Crippen LogP contribution in [0.4, 0.5) is 25.0 Å². The second kappa shape index (κ2) is 8.66. The fourth-order valence-electron chi connectivity index (χ4n) is 3.26. The monoisotopic (exact) mass is 482 g/mol. The zero-order valence-corrected chi connectivity index (χ0v) is 18.0. The van der Waals surface area contributed by atoms with Crippen molar-refractivity contribution < 1.29 is 23.5 Å². The summed E-state index contributed by atoms with van der Waals surface area (Å²) in [5.74, 6) is -3.16. The van der Waals surface area contributed by atoms with E-state index in [1.807, 2.05) is 19.0 Å². The number of carbonyl (C=O) groups is 2. The molecule has 3 amide bonds. The summed E-state index contributed by atoms with van der Waals surface area (Å²) >= 11 is 3.26. The molecule has 0 unspecified atom stereocenters.